The van der Waals surface area contributed by atoms with E-state index in [1.54, 1.807) is 4.98 Å². The lowest BCUT2D eigenvalue weighted by Gasteiger charge is -2.31. The first kappa shape index (κ1) is 30.1. The van der Waals surface area contributed by atoms with Crippen molar-refractivity contribution in [2.75, 3.05) is 20.8 Å². The minimum Gasteiger partial charge on any atom is -0.497 e. The average Bonchev–Trinajstić information content (AvgIpc) is 3.14. The van der Waals surface area contributed by atoms with E-state index in [0.29, 0.717) is 23.8 Å². The highest BCUT2D eigenvalue weighted by molar-refractivity contribution is 7.49. The number of benzene rings is 2. The normalized spacial score (nSPS) is 22.0. The number of phosphoric ester groups is 1. The van der Waals surface area contributed by atoms with Crippen molar-refractivity contribution in [1.82, 2.24) is 9.55 Å². The number of nitrogens with zero attached hydrogens (tertiary/aromatic N) is 1. The average molecular weight is 606 g/mol. The molecule has 1 aliphatic heterocycles. The predicted octanol–water partition coefficient (Wildman–Crippen LogP) is 3.37. The fraction of sp³-hybridized carbons (Fsp3) is 0.333. The van der Waals surface area contributed by atoms with Gasteiger partial charge < -0.3 is 28.4 Å². The molecular formula is C24H23F4N2O10P. The molecule has 2 N–H and O–H groups in total. The molecule has 0 radical (unpaired) electrons. The monoisotopic (exact) mass is 606 g/mol. The third kappa shape index (κ3) is 6.10. The van der Waals surface area contributed by atoms with Crippen molar-refractivity contribution in [2.24, 2.45) is 0 Å². The lowest BCUT2D eigenvalue weighted by Crippen LogP contribution is -2.54. The van der Waals surface area contributed by atoms with Crippen LogP contribution in [0, 0.1) is 0 Å². The van der Waals surface area contributed by atoms with E-state index in [0.717, 1.165) is 0 Å². The van der Waals surface area contributed by atoms with Crippen LogP contribution in [0.25, 0.3) is 0 Å². The van der Waals surface area contributed by atoms with E-state index in [-0.39, 0.29) is 16.1 Å². The van der Waals surface area contributed by atoms with Gasteiger partial charge in [-0.15, -0.1) is 0 Å². The van der Waals surface area contributed by atoms with Crippen LogP contribution in [-0.2, 0) is 13.8 Å². The maximum Gasteiger partial charge on any atom is 0.587 e. The molecular weight excluding hydrogens is 583 g/mol. The van der Waals surface area contributed by atoms with Gasteiger partial charge in [0.1, 0.15) is 23.0 Å². The van der Waals surface area contributed by atoms with Gasteiger partial charge in [-0.1, -0.05) is 0 Å². The highest BCUT2D eigenvalue weighted by atomic mass is 31.2. The number of alkyl halides is 4. The molecule has 3 atom stereocenters. The van der Waals surface area contributed by atoms with E-state index in [4.69, 9.17) is 27.8 Å². The fourth-order valence-electron chi connectivity index (χ4n) is 3.80. The number of ether oxygens (including phenoxy) is 3. The number of aromatic amines is 1. The van der Waals surface area contributed by atoms with Gasteiger partial charge in [-0.2, -0.15) is 8.78 Å². The van der Waals surface area contributed by atoms with Crippen molar-refractivity contribution >= 4 is 7.82 Å². The third-order valence-electron chi connectivity index (χ3n) is 5.96. The summed E-state index contributed by atoms with van der Waals surface area (Å²) in [6.07, 6.45) is -9.38. The SMILES string of the molecule is COc1ccc(OP(=O)(OCC2(C(F)F)OC(n3ccc(=O)[nH]c3=O)C(F)(F)C2O)Oc2ccc(OC)cc2)cc1. The summed E-state index contributed by atoms with van der Waals surface area (Å²) in [7, 11) is -2.22. The number of aromatic nitrogens is 2. The second-order valence-electron chi connectivity index (χ2n) is 8.57. The molecule has 3 unspecified atom stereocenters. The topological polar surface area (TPSA) is 148 Å². The number of nitrogens with one attached hydrogen (secondary N) is 1. The maximum absolute atomic E-state index is 15.1. The predicted molar refractivity (Wildman–Crippen MR) is 132 cm³/mol. The largest absolute Gasteiger partial charge is 0.587 e. The van der Waals surface area contributed by atoms with Crippen molar-refractivity contribution < 1.29 is 55.0 Å². The smallest absolute Gasteiger partial charge is 0.497 e. The molecule has 12 nitrogen and oxygen atoms in total. The number of hydrogen-bond donors (Lipinski definition) is 2. The zero-order chi connectivity index (χ0) is 30.0. The van der Waals surface area contributed by atoms with Gasteiger partial charge in [0.2, 0.25) is 6.23 Å². The highest BCUT2D eigenvalue weighted by Gasteiger charge is 2.71. The summed E-state index contributed by atoms with van der Waals surface area (Å²) in [5, 5.41) is 10.4. The van der Waals surface area contributed by atoms with Crippen LogP contribution < -0.4 is 29.8 Å². The quantitative estimate of drug-likeness (QED) is 0.246. The molecule has 0 spiro atoms. The summed E-state index contributed by atoms with van der Waals surface area (Å²) < 4.78 is 104. The number of H-pyrrole nitrogens is 1. The van der Waals surface area contributed by atoms with Crippen molar-refractivity contribution in [3.8, 4) is 23.0 Å². The van der Waals surface area contributed by atoms with E-state index in [1.165, 1.54) is 62.8 Å². The van der Waals surface area contributed by atoms with E-state index in [9.17, 15) is 28.0 Å². The minimum absolute atomic E-state index is 0.121. The molecule has 17 heteroatoms. The summed E-state index contributed by atoms with van der Waals surface area (Å²) in [4.78, 5) is 25.1. The van der Waals surface area contributed by atoms with Gasteiger partial charge >= 0.3 is 19.4 Å². The van der Waals surface area contributed by atoms with Crippen LogP contribution in [0.4, 0.5) is 17.6 Å². The lowest BCUT2D eigenvalue weighted by molar-refractivity contribution is -0.193. The van der Waals surface area contributed by atoms with Crippen LogP contribution in [0.3, 0.4) is 0 Å². The van der Waals surface area contributed by atoms with Gasteiger partial charge in [0, 0.05) is 12.3 Å². The Balaban J connectivity index is 1.67. The number of hydrogen-bond acceptors (Lipinski definition) is 10. The molecule has 222 valence electrons. The highest BCUT2D eigenvalue weighted by Crippen LogP contribution is 2.55. The molecule has 41 heavy (non-hydrogen) atoms. The maximum atomic E-state index is 15.1. The summed E-state index contributed by atoms with van der Waals surface area (Å²) >= 11 is 0. The summed E-state index contributed by atoms with van der Waals surface area (Å²) in [6.45, 7) is -1.65. The zero-order valence-corrected chi connectivity index (χ0v) is 22.1. The number of rotatable bonds is 11. The Morgan fingerprint density at radius 2 is 1.44 bits per heavy atom. The second kappa shape index (κ2) is 11.6. The lowest BCUT2D eigenvalue weighted by atomic mass is 9.96. The van der Waals surface area contributed by atoms with Gasteiger partial charge in [0.15, 0.2) is 11.7 Å². The van der Waals surface area contributed by atoms with Crippen LogP contribution in [0.15, 0.2) is 70.4 Å². The van der Waals surface area contributed by atoms with E-state index >= 15 is 8.78 Å². The van der Waals surface area contributed by atoms with Crippen LogP contribution in [-0.4, -0.2) is 59.5 Å². The molecule has 1 saturated heterocycles. The van der Waals surface area contributed by atoms with Gasteiger partial charge in [0.25, 0.3) is 12.0 Å². The van der Waals surface area contributed by atoms with Crippen molar-refractivity contribution in [3.63, 3.8) is 0 Å². The van der Waals surface area contributed by atoms with E-state index in [2.05, 4.69) is 0 Å². The van der Waals surface area contributed by atoms with Gasteiger partial charge in [-0.05, 0) is 48.5 Å². The van der Waals surface area contributed by atoms with Gasteiger partial charge in [-0.3, -0.25) is 18.9 Å². The zero-order valence-electron chi connectivity index (χ0n) is 21.2. The molecule has 0 saturated carbocycles. The molecule has 1 aliphatic rings. The van der Waals surface area contributed by atoms with E-state index in [1.807, 2.05) is 0 Å². The Kier molecular flexibility index (Phi) is 8.49. The molecule has 0 amide bonds. The Labute approximate surface area is 228 Å². The first-order chi connectivity index (χ1) is 19.3. The van der Waals surface area contributed by atoms with Crippen molar-refractivity contribution in [1.29, 1.82) is 0 Å². The van der Waals surface area contributed by atoms with E-state index < -0.39 is 56.0 Å². The molecule has 4 rings (SSSR count). The molecule has 1 fully saturated rings. The molecule has 0 bridgehead atoms. The van der Waals surface area contributed by atoms with Crippen molar-refractivity contribution in [2.45, 2.75) is 30.3 Å². The Hall–Kier alpha value is -3.85. The van der Waals surface area contributed by atoms with Crippen LogP contribution >= 0.6 is 7.82 Å². The molecule has 2 heterocycles. The molecule has 3 aromatic rings. The van der Waals surface area contributed by atoms with Crippen molar-refractivity contribution in [3.05, 3.63) is 81.6 Å². The number of phosphoric acid groups is 1. The van der Waals surface area contributed by atoms with Gasteiger partial charge in [0.05, 0.1) is 20.8 Å². The molecule has 2 aromatic carbocycles. The second-order valence-corrected chi connectivity index (χ2v) is 10.1. The Bertz CT molecular complexity index is 1460. The number of methoxy groups -OCH3 is 2. The summed E-state index contributed by atoms with van der Waals surface area (Å²) in [5.41, 5.74) is -5.91. The molecule has 1 aromatic heterocycles. The Morgan fingerprint density at radius 3 is 1.88 bits per heavy atom. The first-order valence-electron chi connectivity index (χ1n) is 11.6. The number of halogens is 4. The number of aliphatic hydroxyl groups is 1. The van der Waals surface area contributed by atoms with Crippen LogP contribution in [0.1, 0.15) is 6.23 Å². The summed E-state index contributed by atoms with van der Waals surface area (Å²) in [5.74, 6) is -4.04. The fourth-order valence-corrected chi connectivity index (χ4v) is 5.06. The first-order valence-corrected chi connectivity index (χ1v) is 13.0. The Morgan fingerprint density at radius 1 is 0.951 bits per heavy atom. The standard InChI is InChI=1S/C24H23F4N2O10P/c1-35-14-3-7-16(8-4-14)39-41(34,40-17-9-5-15(36-2)6-10-17)37-13-23(20(25)26)19(32)24(27,28)21(38-23)30-12-11-18(31)29-22(30)33/h3-12,19-21,32H,13H2,1-2H3,(H,29,31,33). The third-order valence-corrected chi connectivity index (χ3v) is 7.28. The minimum atomic E-state index is -4.99. The van der Waals surface area contributed by atoms with Crippen LogP contribution in [0.5, 0.6) is 23.0 Å². The number of aliphatic hydroxyl groups excluding tert-OH is 1. The summed E-state index contributed by atoms with van der Waals surface area (Å²) in [6, 6.07) is 11.4. The van der Waals surface area contributed by atoms with Gasteiger partial charge in [-0.25, -0.2) is 18.1 Å². The van der Waals surface area contributed by atoms with Crippen LogP contribution in [0.2, 0.25) is 0 Å². The molecule has 0 aliphatic carbocycles.